The number of likely N-dealkylation sites (tertiary alicyclic amines) is 1. The number of carbonyl (C=O) groups is 1. The van der Waals surface area contributed by atoms with Crippen molar-refractivity contribution in [3.63, 3.8) is 0 Å². The summed E-state index contributed by atoms with van der Waals surface area (Å²) >= 11 is 0. The van der Waals surface area contributed by atoms with Gasteiger partial charge in [0.2, 0.25) is 0 Å². The number of hydrogen-bond acceptors (Lipinski definition) is 6. The molecule has 3 rings (SSSR count). The monoisotopic (exact) mass is 420 g/mol. The second kappa shape index (κ2) is 12.6. The van der Waals surface area contributed by atoms with Gasteiger partial charge in [-0.2, -0.15) is 0 Å². The van der Waals surface area contributed by atoms with Crippen molar-refractivity contribution in [2.45, 2.75) is 32.6 Å². The van der Waals surface area contributed by atoms with Crippen LogP contribution in [0.3, 0.4) is 0 Å². The average molecular weight is 421 g/mol. The molecule has 2 fully saturated rings. The van der Waals surface area contributed by atoms with Crippen molar-refractivity contribution in [3.8, 4) is 0 Å². The van der Waals surface area contributed by atoms with Gasteiger partial charge in [-0.05, 0) is 38.3 Å². The lowest BCUT2D eigenvalue weighted by atomic mass is 9.98. The fraction of sp³-hybridized carbons (Fsp3) is 0.727. The molecule has 1 aromatic heterocycles. The minimum Gasteiger partial charge on any atom is -0.469 e. The molecule has 0 spiro atoms. The van der Waals surface area contributed by atoms with Crippen LogP contribution in [0.15, 0.2) is 27.8 Å². The molecule has 1 atom stereocenters. The van der Waals surface area contributed by atoms with Crippen molar-refractivity contribution in [1.82, 2.24) is 15.1 Å². The Morgan fingerprint density at radius 2 is 2.20 bits per heavy atom. The number of ether oxygens (including phenoxy) is 2. The second-order valence-corrected chi connectivity index (χ2v) is 7.81. The van der Waals surface area contributed by atoms with E-state index in [0.717, 1.165) is 89.9 Å². The summed E-state index contributed by atoms with van der Waals surface area (Å²) in [6.07, 6.45) is 5.36. The maximum absolute atomic E-state index is 12.2. The molecule has 0 aliphatic carbocycles. The number of guanidine groups is 1. The summed E-state index contributed by atoms with van der Waals surface area (Å²) in [6, 6.07) is 3.89. The van der Waals surface area contributed by atoms with Gasteiger partial charge in [0.1, 0.15) is 5.76 Å². The average Bonchev–Trinajstić information content (AvgIpc) is 3.30. The Morgan fingerprint density at radius 3 is 2.97 bits per heavy atom. The highest BCUT2D eigenvalue weighted by Gasteiger charge is 2.28. The smallest absolute Gasteiger partial charge is 0.310 e. The van der Waals surface area contributed by atoms with E-state index in [2.05, 4.69) is 15.1 Å². The van der Waals surface area contributed by atoms with E-state index >= 15 is 0 Å². The zero-order chi connectivity index (χ0) is 21.0. The Kier molecular flexibility index (Phi) is 9.50. The first-order valence-corrected chi connectivity index (χ1v) is 11.3. The minimum absolute atomic E-state index is 0.0795. The van der Waals surface area contributed by atoms with Gasteiger partial charge in [-0.3, -0.25) is 14.7 Å². The van der Waals surface area contributed by atoms with Crippen LogP contribution in [0.2, 0.25) is 0 Å². The van der Waals surface area contributed by atoms with Crippen LogP contribution in [0.4, 0.5) is 0 Å². The fourth-order valence-corrected chi connectivity index (χ4v) is 3.95. The molecule has 2 aliphatic rings. The number of nitrogens with zero attached hydrogens (tertiary/aromatic N) is 3. The van der Waals surface area contributed by atoms with Crippen LogP contribution in [0.1, 0.15) is 31.9 Å². The molecule has 0 amide bonds. The molecule has 0 aromatic carbocycles. The van der Waals surface area contributed by atoms with Crippen LogP contribution in [-0.2, 0) is 20.7 Å². The van der Waals surface area contributed by atoms with Crippen LogP contribution in [-0.4, -0.2) is 87.4 Å². The summed E-state index contributed by atoms with van der Waals surface area (Å²) in [5.41, 5.74) is 0. The van der Waals surface area contributed by atoms with Crippen molar-refractivity contribution in [2.75, 3.05) is 65.6 Å². The van der Waals surface area contributed by atoms with Gasteiger partial charge in [0.05, 0.1) is 32.0 Å². The lowest BCUT2D eigenvalue weighted by molar-refractivity contribution is -0.149. The molecule has 0 saturated carbocycles. The summed E-state index contributed by atoms with van der Waals surface area (Å²) in [4.78, 5) is 21.8. The Bertz CT molecular complexity index is 644. The van der Waals surface area contributed by atoms with Crippen molar-refractivity contribution >= 4 is 11.9 Å². The van der Waals surface area contributed by atoms with Crippen LogP contribution < -0.4 is 5.32 Å². The van der Waals surface area contributed by atoms with Gasteiger partial charge in [0.25, 0.3) is 0 Å². The first-order chi connectivity index (χ1) is 14.8. The lowest BCUT2D eigenvalue weighted by Gasteiger charge is -2.34. The number of esters is 1. The van der Waals surface area contributed by atoms with E-state index in [0.29, 0.717) is 13.2 Å². The van der Waals surface area contributed by atoms with Crippen LogP contribution in [0.5, 0.6) is 0 Å². The number of morpholine rings is 1. The van der Waals surface area contributed by atoms with E-state index < -0.39 is 0 Å². The van der Waals surface area contributed by atoms with E-state index in [1.165, 1.54) is 0 Å². The maximum atomic E-state index is 12.2. The zero-order valence-corrected chi connectivity index (χ0v) is 18.2. The Labute approximate surface area is 179 Å². The molecule has 0 radical (unpaired) electrons. The van der Waals surface area contributed by atoms with Crippen LogP contribution in [0.25, 0.3) is 0 Å². The number of furan rings is 1. The van der Waals surface area contributed by atoms with Gasteiger partial charge >= 0.3 is 5.97 Å². The fourth-order valence-electron chi connectivity index (χ4n) is 3.95. The van der Waals surface area contributed by atoms with E-state index in [4.69, 9.17) is 18.9 Å². The molecular weight excluding hydrogens is 384 g/mol. The number of aliphatic imine (C=N–C) groups is 1. The van der Waals surface area contributed by atoms with Gasteiger partial charge in [-0.15, -0.1) is 0 Å². The molecule has 168 valence electrons. The van der Waals surface area contributed by atoms with Gasteiger partial charge in [0.15, 0.2) is 5.96 Å². The van der Waals surface area contributed by atoms with Crippen molar-refractivity contribution in [1.29, 1.82) is 0 Å². The predicted octanol–water partition coefficient (Wildman–Crippen LogP) is 1.77. The largest absolute Gasteiger partial charge is 0.469 e. The molecule has 1 N–H and O–H groups in total. The lowest BCUT2D eigenvalue weighted by Crippen LogP contribution is -2.48. The third kappa shape index (κ3) is 7.32. The highest BCUT2D eigenvalue weighted by Crippen LogP contribution is 2.18. The third-order valence-corrected chi connectivity index (χ3v) is 5.57. The molecule has 2 saturated heterocycles. The van der Waals surface area contributed by atoms with Crippen molar-refractivity contribution in [3.05, 3.63) is 24.2 Å². The number of rotatable bonds is 9. The Hall–Kier alpha value is -2.06. The third-order valence-electron chi connectivity index (χ3n) is 5.57. The van der Waals surface area contributed by atoms with E-state index in [1.807, 2.05) is 19.1 Å². The highest BCUT2D eigenvalue weighted by atomic mass is 16.5. The molecule has 8 nitrogen and oxygen atoms in total. The number of nitrogens with one attached hydrogen (secondary N) is 1. The quantitative estimate of drug-likeness (QED) is 0.282. The molecule has 8 heteroatoms. The molecule has 3 heterocycles. The normalized spacial score (nSPS) is 20.9. The molecule has 1 unspecified atom stereocenters. The van der Waals surface area contributed by atoms with E-state index in [9.17, 15) is 4.79 Å². The topological polar surface area (TPSA) is 79.5 Å². The number of carbonyl (C=O) groups excluding carboxylic acids is 1. The van der Waals surface area contributed by atoms with Crippen molar-refractivity contribution in [2.24, 2.45) is 10.9 Å². The minimum atomic E-state index is -0.0931. The van der Waals surface area contributed by atoms with Gasteiger partial charge < -0.3 is 24.1 Å². The molecule has 30 heavy (non-hydrogen) atoms. The molecular formula is C22H36N4O4. The molecule has 1 aromatic rings. The maximum Gasteiger partial charge on any atom is 0.310 e. The van der Waals surface area contributed by atoms with Crippen LogP contribution in [0, 0.1) is 5.92 Å². The van der Waals surface area contributed by atoms with Crippen molar-refractivity contribution < 1.29 is 18.7 Å². The molecule has 0 bridgehead atoms. The summed E-state index contributed by atoms with van der Waals surface area (Å²) in [6.45, 7) is 10.1. The summed E-state index contributed by atoms with van der Waals surface area (Å²) < 4.78 is 16.1. The number of hydrogen-bond donors (Lipinski definition) is 1. The van der Waals surface area contributed by atoms with Gasteiger partial charge in [0, 0.05) is 52.2 Å². The van der Waals surface area contributed by atoms with Gasteiger partial charge in [-0.25, -0.2) is 0 Å². The predicted molar refractivity (Wildman–Crippen MR) is 116 cm³/mol. The Balaban J connectivity index is 1.53. The highest BCUT2D eigenvalue weighted by molar-refractivity contribution is 5.81. The SMILES string of the molecule is CCOC(=O)C1CCCN(C(=NCCCN2CCOCC2)NCCc2ccco2)C1. The van der Waals surface area contributed by atoms with E-state index in [1.54, 1.807) is 6.26 Å². The number of piperidine rings is 1. The van der Waals surface area contributed by atoms with E-state index in [-0.39, 0.29) is 11.9 Å². The second-order valence-electron chi connectivity index (χ2n) is 7.81. The zero-order valence-electron chi connectivity index (χ0n) is 18.2. The Morgan fingerprint density at radius 1 is 1.33 bits per heavy atom. The van der Waals surface area contributed by atoms with Crippen LogP contribution >= 0.6 is 0 Å². The summed E-state index contributed by atoms with van der Waals surface area (Å²) in [5, 5.41) is 3.49. The first-order valence-electron chi connectivity index (χ1n) is 11.3. The van der Waals surface area contributed by atoms with Gasteiger partial charge in [-0.1, -0.05) is 0 Å². The summed E-state index contributed by atoms with van der Waals surface area (Å²) in [7, 11) is 0. The molecule has 2 aliphatic heterocycles. The summed E-state index contributed by atoms with van der Waals surface area (Å²) in [5.74, 6) is 1.67. The first kappa shape index (κ1) is 22.6. The standard InChI is InChI=1S/C22H36N4O4/c1-2-29-21(27)19-6-3-12-26(18-19)22(24-10-8-20-7-4-15-30-20)23-9-5-11-25-13-16-28-17-14-25/h4,7,15,19H,2-3,5-6,8-14,16-18H2,1H3,(H,23,24).